The molecule has 2 unspecified atom stereocenters. The predicted octanol–water partition coefficient (Wildman–Crippen LogP) is 2.55. The van der Waals surface area contributed by atoms with E-state index in [1.165, 1.54) is 6.20 Å². The fraction of sp³-hybridized carbons (Fsp3) is 0.292. The SMILES string of the molecule is O=c1c(N(Cc2ccc(-c3nnc(C(F)F)o3)cn2)c2ccccc2)c(N2CC3CC2CN3)c1=O. The number of piperazine rings is 1. The van der Waals surface area contributed by atoms with Crippen LogP contribution in [-0.4, -0.2) is 40.4 Å². The van der Waals surface area contributed by atoms with Gasteiger partial charge >= 0.3 is 6.43 Å². The highest BCUT2D eigenvalue weighted by atomic mass is 19.3. The van der Waals surface area contributed by atoms with Crippen LogP contribution in [0, 0.1) is 0 Å². The Kier molecular flexibility index (Phi) is 5.14. The van der Waals surface area contributed by atoms with Gasteiger partial charge in [-0.25, -0.2) is 0 Å². The number of nitrogens with zero attached hydrogens (tertiary/aromatic N) is 5. The van der Waals surface area contributed by atoms with Gasteiger partial charge < -0.3 is 19.5 Å². The van der Waals surface area contributed by atoms with Crippen LogP contribution in [0.25, 0.3) is 11.5 Å². The van der Waals surface area contributed by atoms with E-state index >= 15 is 0 Å². The molecule has 35 heavy (non-hydrogen) atoms. The number of anilines is 3. The van der Waals surface area contributed by atoms with Crippen molar-refractivity contribution < 1.29 is 13.2 Å². The minimum atomic E-state index is -2.85. The standard InChI is InChI=1S/C24H20F2N6O3/c25-22(26)24-30-29-23(35-24)13-6-7-14(27-9-13)11-31(16-4-2-1-3-5-16)18-19(21(34)20(18)33)32-12-15-8-17(32)10-28-15/h1-7,9,15,17,22,28H,8,10-12H2. The number of halogens is 2. The van der Waals surface area contributed by atoms with Gasteiger partial charge in [-0.15, -0.1) is 10.2 Å². The summed E-state index contributed by atoms with van der Waals surface area (Å²) in [5.74, 6) is -0.806. The Labute approximate surface area is 197 Å². The van der Waals surface area contributed by atoms with Crippen molar-refractivity contribution in [3.63, 3.8) is 0 Å². The topological polar surface area (TPSA) is 104 Å². The summed E-state index contributed by atoms with van der Waals surface area (Å²) in [6.45, 7) is 1.72. The van der Waals surface area contributed by atoms with Crippen LogP contribution in [0.4, 0.5) is 25.8 Å². The minimum absolute atomic E-state index is 0.0540. The second-order valence-corrected chi connectivity index (χ2v) is 8.71. The van der Waals surface area contributed by atoms with Crippen LogP contribution in [0.15, 0.2) is 62.7 Å². The Bertz CT molecular complexity index is 1430. The van der Waals surface area contributed by atoms with Crippen molar-refractivity contribution in [3.05, 3.63) is 80.7 Å². The minimum Gasteiger partial charge on any atom is -0.415 e. The van der Waals surface area contributed by atoms with Gasteiger partial charge in [-0.2, -0.15) is 8.78 Å². The van der Waals surface area contributed by atoms with E-state index in [4.69, 9.17) is 4.42 Å². The number of aromatic nitrogens is 3. The Hall–Kier alpha value is -3.99. The number of alkyl halides is 2. The molecule has 2 aliphatic heterocycles. The molecule has 6 rings (SSSR count). The fourth-order valence-corrected chi connectivity index (χ4v) is 4.87. The molecule has 2 fully saturated rings. The predicted molar refractivity (Wildman–Crippen MR) is 124 cm³/mol. The zero-order valence-corrected chi connectivity index (χ0v) is 18.4. The third kappa shape index (κ3) is 3.68. The molecule has 0 radical (unpaired) electrons. The number of hydrogen-bond acceptors (Lipinski definition) is 9. The molecule has 2 bridgehead atoms. The summed E-state index contributed by atoms with van der Waals surface area (Å²) in [6.07, 6.45) is -0.444. The number of nitrogens with one attached hydrogen (secondary N) is 1. The number of fused-ring (bicyclic) bond motifs is 2. The summed E-state index contributed by atoms with van der Waals surface area (Å²) in [5.41, 5.74) is 1.63. The second kappa shape index (κ2) is 8.35. The van der Waals surface area contributed by atoms with Crippen molar-refractivity contribution in [1.82, 2.24) is 20.5 Å². The average Bonchev–Trinajstić information content (AvgIpc) is 3.64. The van der Waals surface area contributed by atoms with Crippen LogP contribution in [-0.2, 0) is 6.54 Å². The number of rotatable bonds is 7. The summed E-state index contributed by atoms with van der Waals surface area (Å²) < 4.78 is 30.5. The summed E-state index contributed by atoms with van der Waals surface area (Å²) in [7, 11) is 0. The molecule has 2 aromatic carbocycles. The molecule has 4 heterocycles. The lowest BCUT2D eigenvalue weighted by Gasteiger charge is -2.35. The molecule has 0 aliphatic carbocycles. The molecule has 9 nitrogen and oxygen atoms in total. The maximum Gasteiger partial charge on any atom is 0.314 e. The van der Waals surface area contributed by atoms with E-state index in [9.17, 15) is 18.4 Å². The molecular formula is C24H20F2N6O3. The van der Waals surface area contributed by atoms with Crippen LogP contribution < -0.4 is 26.0 Å². The van der Waals surface area contributed by atoms with E-state index in [0.29, 0.717) is 35.2 Å². The lowest BCUT2D eigenvalue weighted by atomic mass is 10.1. The van der Waals surface area contributed by atoms with E-state index in [-0.39, 0.29) is 18.5 Å². The third-order valence-electron chi connectivity index (χ3n) is 6.56. The number of para-hydroxylation sites is 1. The van der Waals surface area contributed by atoms with Gasteiger partial charge in [0.2, 0.25) is 5.89 Å². The molecule has 2 saturated heterocycles. The zero-order valence-electron chi connectivity index (χ0n) is 18.4. The van der Waals surface area contributed by atoms with E-state index in [0.717, 1.165) is 18.7 Å². The summed E-state index contributed by atoms with van der Waals surface area (Å²) in [6, 6.07) is 13.2. The maximum absolute atomic E-state index is 12.8. The monoisotopic (exact) mass is 478 g/mol. The lowest BCUT2D eigenvalue weighted by molar-refractivity contribution is 0.116. The van der Waals surface area contributed by atoms with Crippen molar-refractivity contribution >= 4 is 17.1 Å². The molecule has 4 aromatic rings. The van der Waals surface area contributed by atoms with Gasteiger partial charge in [-0.05, 0) is 30.7 Å². The molecule has 0 spiro atoms. The smallest absolute Gasteiger partial charge is 0.314 e. The number of pyridine rings is 1. The zero-order chi connectivity index (χ0) is 24.1. The van der Waals surface area contributed by atoms with E-state index in [2.05, 4.69) is 25.4 Å². The quantitative estimate of drug-likeness (QED) is 0.401. The Balaban J connectivity index is 1.32. The molecule has 0 amide bonds. The van der Waals surface area contributed by atoms with Crippen LogP contribution >= 0.6 is 0 Å². The highest BCUT2D eigenvalue weighted by Crippen LogP contribution is 2.37. The first-order valence-electron chi connectivity index (χ1n) is 11.2. The van der Waals surface area contributed by atoms with Crippen molar-refractivity contribution in [2.24, 2.45) is 0 Å². The van der Waals surface area contributed by atoms with E-state index in [1.807, 2.05) is 35.2 Å². The molecule has 178 valence electrons. The summed E-state index contributed by atoms with van der Waals surface area (Å²) >= 11 is 0. The largest absolute Gasteiger partial charge is 0.415 e. The average molecular weight is 478 g/mol. The van der Waals surface area contributed by atoms with Gasteiger partial charge in [-0.1, -0.05) is 18.2 Å². The molecule has 1 N–H and O–H groups in total. The molecule has 2 aliphatic rings. The Morgan fingerprint density at radius 2 is 1.94 bits per heavy atom. The van der Waals surface area contributed by atoms with Gasteiger partial charge in [0.1, 0.15) is 11.4 Å². The van der Waals surface area contributed by atoms with Crippen molar-refractivity contribution in [3.8, 4) is 11.5 Å². The first kappa shape index (κ1) is 21.5. The first-order valence-corrected chi connectivity index (χ1v) is 11.2. The summed E-state index contributed by atoms with van der Waals surface area (Å²) in [5, 5.41) is 10.4. The Morgan fingerprint density at radius 1 is 1.11 bits per heavy atom. The molecule has 0 saturated carbocycles. The number of hydrogen-bond donors (Lipinski definition) is 1. The maximum atomic E-state index is 12.8. The van der Waals surface area contributed by atoms with Crippen molar-refractivity contribution in [1.29, 1.82) is 0 Å². The van der Waals surface area contributed by atoms with Crippen molar-refractivity contribution in [2.45, 2.75) is 31.5 Å². The van der Waals surface area contributed by atoms with E-state index in [1.54, 1.807) is 12.1 Å². The molecule has 2 atom stereocenters. The lowest BCUT2D eigenvalue weighted by Crippen LogP contribution is -2.51. The highest BCUT2D eigenvalue weighted by Gasteiger charge is 2.42. The third-order valence-corrected chi connectivity index (χ3v) is 6.56. The van der Waals surface area contributed by atoms with Gasteiger partial charge in [-0.3, -0.25) is 14.6 Å². The summed E-state index contributed by atoms with van der Waals surface area (Å²) in [4.78, 5) is 33.8. The van der Waals surface area contributed by atoms with Gasteiger partial charge in [0.15, 0.2) is 0 Å². The van der Waals surface area contributed by atoms with Crippen LogP contribution in [0.3, 0.4) is 0 Å². The molecule has 11 heteroatoms. The first-order chi connectivity index (χ1) is 17.0. The fourth-order valence-electron chi connectivity index (χ4n) is 4.87. The van der Waals surface area contributed by atoms with Gasteiger partial charge in [0.05, 0.1) is 17.8 Å². The number of benzene rings is 1. The van der Waals surface area contributed by atoms with Crippen LogP contribution in [0.2, 0.25) is 0 Å². The van der Waals surface area contributed by atoms with Crippen molar-refractivity contribution in [2.75, 3.05) is 22.9 Å². The normalized spacial score (nSPS) is 19.2. The van der Waals surface area contributed by atoms with E-state index < -0.39 is 23.2 Å². The second-order valence-electron chi connectivity index (χ2n) is 8.71. The van der Waals surface area contributed by atoms with Crippen LogP contribution in [0.1, 0.15) is 24.4 Å². The Morgan fingerprint density at radius 3 is 2.57 bits per heavy atom. The molecular weight excluding hydrogens is 458 g/mol. The van der Waals surface area contributed by atoms with Gasteiger partial charge in [0.25, 0.3) is 16.7 Å². The van der Waals surface area contributed by atoms with Gasteiger partial charge in [0, 0.05) is 37.1 Å². The highest BCUT2D eigenvalue weighted by molar-refractivity contribution is 5.82. The van der Waals surface area contributed by atoms with Crippen LogP contribution in [0.5, 0.6) is 0 Å². The molecule has 2 aromatic heterocycles.